The van der Waals surface area contributed by atoms with E-state index in [2.05, 4.69) is 29.1 Å². The molecule has 1 atom stereocenters. The molecule has 0 bridgehead atoms. The molecule has 5 heteroatoms. The van der Waals surface area contributed by atoms with Crippen molar-refractivity contribution in [1.82, 2.24) is 0 Å². The summed E-state index contributed by atoms with van der Waals surface area (Å²) < 4.78 is 11.9. The van der Waals surface area contributed by atoms with Crippen LogP contribution in [0.25, 0.3) is 6.08 Å². The minimum absolute atomic E-state index is 0.0496. The third-order valence-electron chi connectivity index (χ3n) is 4.29. The first-order valence-corrected chi connectivity index (χ1v) is 9.76. The van der Waals surface area contributed by atoms with Gasteiger partial charge in [0, 0.05) is 27.6 Å². The molecule has 2 aromatic carbocycles. The fraction of sp³-hybridized carbons (Fsp3) is 0.217. The van der Waals surface area contributed by atoms with Gasteiger partial charge >= 0.3 is 5.97 Å². The summed E-state index contributed by atoms with van der Waals surface area (Å²) in [7, 11) is 0. The van der Waals surface area contributed by atoms with Crippen LogP contribution in [0.2, 0.25) is 0 Å². The van der Waals surface area contributed by atoms with Gasteiger partial charge < -0.3 is 9.47 Å². The zero-order chi connectivity index (χ0) is 20.5. The van der Waals surface area contributed by atoms with Crippen LogP contribution in [0.1, 0.15) is 34.8 Å². The molecule has 0 aliphatic rings. The molecule has 0 heterocycles. The molecule has 0 aliphatic carbocycles. The maximum atomic E-state index is 12.9. The minimum atomic E-state index is -0.448. The Balaban J connectivity index is 2.14. The Labute approximate surface area is 174 Å². The van der Waals surface area contributed by atoms with Crippen molar-refractivity contribution in [3.63, 3.8) is 0 Å². The molecule has 0 saturated heterocycles. The fourth-order valence-corrected chi connectivity index (χ4v) is 2.78. The maximum absolute atomic E-state index is 12.9. The summed E-state index contributed by atoms with van der Waals surface area (Å²) in [5, 5.41) is 0. The lowest BCUT2D eigenvalue weighted by Crippen LogP contribution is -2.19. The van der Waals surface area contributed by atoms with Crippen LogP contribution in [0.4, 0.5) is 0 Å². The molecule has 146 valence electrons. The van der Waals surface area contributed by atoms with Gasteiger partial charge in [0.15, 0.2) is 5.78 Å². The molecule has 0 fully saturated rings. The van der Waals surface area contributed by atoms with Crippen molar-refractivity contribution in [2.24, 2.45) is 5.92 Å². The Morgan fingerprint density at radius 1 is 1.11 bits per heavy atom. The number of ether oxygens (including phenoxy) is 2. The van der Waals surface area contributed by atoms with Gasteiger partial charge in [0.2, 0.25) is 0 Å². The van der Waals surface area contributed by atoms with Crippen LogP contribution in [0.15, 0.2) is 66.2 Å². The number of benzene rings is 2. The van der Waals surface area contributed by atoms with E-state index in [1.807, 2.05) is 25.1 Å². The van der Waals surface area contributed by atoms with E-state index < -0.39 is 5.97 Å². The van der Waals surface area contributed by atoms with E-state index in [0.717, 1.165) is 22.5 Å². The van der Waals surface area contributed by atoms with Gasteiger partial charge in [-0.2, -0.15) is 0 Å². The van der Waals surface area contributed by atoms with Crippen molar-refractivity contribution in [2.45, 2.75) is 13.3 Å². The van der Waals surface area contributed by atoms with Crippen molar-refractivity contribution < 1.29 is 19.1 Å². The SMILES string of the molecule is C=CC(=O)OCC(CC)COc1ccc(C=C)c(C(=O)c2ccc(Br)cc2)c1. The number of carbonyl (C=O) groups is 2. The Kier molecular flexibility index (Phi) is 8.20. The molecule has 2 aromatic rings. The van der Waals surface area contributed by atoms with E-state index in [1.54, 1.807) is 30.3 Å². The van der Waals surface area contributed by atoms with Crippen LogP contribution in [0, 0.1) is 5.92 Å². The summed E-state index contributed by atoms with van der Waals surface area (Å²) in [5.74, 6) is 0.0872. The molecule has 28 heavy (non-hydrogen) atoms. The number of esters is 1. The first-order chi connectivity index (χ1) is 13.5. The second kappa shape index (κ2) is 10.6. The standard InChI is InChI=1S/C23H23BrO4/c1-4-16(15-28-22(25)6-3)14-27-20-12-9-17(5-2)21(13-20)23(26)18-7-10-19(24)11-8-18/h5-13,16H,2-4,14-15H2,1H3. The Bertz CT molecular complexity index is 855. The predicted molar refractivity (Wildman–Crippen MR) is 115 cm³/mol. The highest BCUT2D eigenvalue weighted by atomic mass is 79.9. The molecule has 0 aliphatic heterocycles. The van der Waals surface area contributed by atoms with Crippen LogP contribution < -0.4 is 4.74 Å². The normalized spacial score (nSPS) is 11.4. The second-order valence-electron chi connectivity index (χ2n) is 6.21. The van der Waals surface area contributed by atoms with Gasteiger partial charge in [-0.1, -0.05) is 48.2 Å². The van der Waals surface area contributed by atoms with Crippen molar-refractivity contribution in [3.05, 3.63) is 82.9 Å². The smallest absolute Gasteiger partial charge is 0.330 e. The molecule has 0 aromatic heterocycles. The Morgan fingerprint density at radius 2 is 1.82 bits per heavy atom. The zero-order valence-corrected chi connectivity index (χ0v) is 17.4. The average molecular weight is 443 g/mol. The first-order valence-electron chi connectivity index (χ1n) is 8.97. The fourth-order valence-electron chi connectivity index (χ4n) is 2.51. The summed E-state index contributed by atoms with van der Waals surface area (Å²) in [4.78, 5) is 24.1. The largest absolute Gasteiger partial charge is 0.493 e. The van der Waals surface area contributed by atoms with Crippen LogP contribution in [-0.2, 0) is 9.53 Å². The van der Waals surface area contributed by atoms with Gasteiger partial charge in [0.05, 0.1) is 13.2 Å². The second-order valence-corrected chi connectivity index (χ2v) is 7.12. The lowest BCUT2D eigenvalue weighted by Gasteiger charge is -2.16. The number of ketones is 1. The highest BCUT2D eigenvalue weighted by molar-refractivity contribution is 9.10. The Morgan fingerprint density at radius 3 is 2.43 bits per heavy atom. The first kappa shape index (κ1) is 21.6. The van der Waals surface area contributed by atoms with Crippen LogP contribution in [0.5, 0.6) is 5.75 Å². The quantitative estimate of drug-likeness (QED) is 0.278. The molecule has 0 amide bonds. The summed E-state index contributed by atoms with van der Waals surface area (Å²) in [6.45, 7) is 9.81. The molecule has 0 saturated carbocycles. The van der Waals surface area contributed by atoms with Gasteiger partial charge in [0.1, 0.15) is 5.75 Å². The molecule has 4 nitrogen and oxygen atoms in total. The highest BCUT2D eigenvalue weighted by Crippen LogP contribution is 2.23. The topological polar surface area (TPSA) is 52.6 Å². The lowest BCUT2D eigenvalue weighted by atomic mass is 9.98. The van der Waals surface area contributed by atoms with E-state index in [0.29, 0.717) is 23.5 Å². The Hall–Kier alpha value is -2.66. The van der Waals surface area contributed by atoms with Crippen molar-refractivity contribution >= 4 is 33.8 Å². The molecular formula is C23H23BrO4. The zero-order valence-electron chi connectivity index (χ0n) is 15.8. The molecule has 0 radical (unpaired) electrons. The molecular weight excluding hydrogens is 420 g/mol. The number of hydrogen-bond acceptors (Lipinski definition) is 4. The third kappa shape index (κ3) is 5.92. The van der Waals surface area contributed by atoms with Gasteiger partial charge in [-0.05, 0) is 48.4 Å². The van der Waals surface area contributed by atoms with Crippen molar-refractivity contribution in [1.29, 1.82) is 0 Å². The molecule has 0 N–H and O–H groups in total. The summed E-state index contributed by atoms with van der Waals surface area (Å²) in [6.07, 6.45) is 3.58. The maximum Gasteiger partial charge on any atom is 0.330 e. The van der Waals surface area contributed by atoms with Gasteiger partial charge in [-0.15, -0.1) is 0 Å². The van der Waals surface area contributed by atoms with E-state index in [1.165, 1.54) is 0 Å². The van der Waals surface area contributed by atoms with Crippen LogP contribution in [-0.4, -0.2) is 25.0 Å². The molecule has 0 spiro atoms. The van der Waals surface area contributed by atoms with Gasteiger partial charge in [0.25, 0.3) is 0 Å². The highest BCUT2D eigenvalue weighted by Gasteiger charge is 2.15. The van der Waals surface area contributed by atoms with E-state index in [-0.39, 0.29) is 18.3 Å². The number of rotatable bonds is 10. The lowest BCUT2D eigenvalue weighted by molar-refractivity contribution is -0.139. The summed E-state index contributed by atoms with van der Waals surface area (Å²) in [6, 6.07) is 12.5. The summed E-state index contributed by atoms with van der Waals surface area (Å²) in [5.41, 5.74) is 1.86. The number of hydrogen-bond donors (Lipinski definition) is 0. The van der Waals surface area contributed by atoms with Crippen molar-refractivity contribution in [3.8, 4) is 5.75 Å². The van der Waals surface area contributed by atoms with Gasteiger partial charge in [-0.3, -0.25) is 4.79 Å². The number of carbonyl (C=O) groups excluding carboxylic acids is 2. The average Bonchev–Trinajstić information content (AvgIpc) is 2.73. The third-order valence-corrected chi connectivity index (χ3v) is 4.82. The van der Waals surface area contributed by atoms with Crippen LogP contribution >= 0.6 is 15.9 Å². The van der Waals surface area contributed by atoms with Crippen LogP contribution in [0.3, 0.4) is 0 Å². The molecule has 2 rings (SSSR count). The van der Waals surface area contributed by atoms with E-state index in [9.17, 15) is 9.59 Å². The van der Waals surface area contributed by atoms with Crippen molar-refractivity contribution in [2.75, 3.05) is 13.2 Å². The summed E-state index contributed by atoms with van der Waals surface area (Å²) >= 11 is 3.37. The molecule has 1 unspecified atom stereocenters. The van der Waals surface area contributed by atoms with E-state index >= 15 is 0 Å². The van der Waals surface area contributed by atoms with E-state index in [4.69, 9.17) is 9.47 Å². The van der Waals surface area contributed by atoms with Gasteiger partial charge in [-0.25, -0.2) is 4.79 Å². The minimum Gasteiger partial charge on any atom is -0.493 e. The number of halogens is 1. The monoisotopic (exact) mass is 442 g/mol. The predicted octanol–water partition coefficient (Wildman–Crippen LogP) is 5.46.